The second-order valence-electron chi connectivity index (χ2n) is 5.81. The number of aromatic nitrogens is 1. The van der Waals surface area contributed by atoms with Crippen LogP contribution in [-0.2, 0) is 9.59 Å². The van der Waals surface area contributed by atoms with E-state index in [1.165, 1.54) is 0 Å². The quantitative estimate of drug-likeness (QED) is 0.937. The van der Waals surface area contributed by atoms with Gasteiger partial charge in [0.15, 0.2) is 0 Å². The van der Waals surface area contributed by atoms with Gasteiger partial charge >= 0.3 is 0 Å². The highest BCUT2D eigenvalue weighted by atomic mass is 16.5. The fourth-order valence-corrected chi connectivity index (χ4v) is 2.74. The molecule has 2 amide bonds. The van der Waals surface area contributed by atoms with Crippen LogP contribution in [0.15, 0.2) is 42.6 Å². The van der Waals surface area contributed by atoms with Crippen LogP contribution in [0.5, 0.6) is 5.75 Å². The van der Waals surface area contributed by atoms with Crippen LogP contribution in [0.3, 0.4) is 0 Å². The predicted octanol–water partition coefficient (Wildman–Crippen LogP) is 2.39. The second-order valence-corrected chi connectivity index (χ2v) is 5.81. The maximum atomic E-state index is 12.4. The normalized spacial score (nSPS) is 17.0. The summed E-state index contributed by atoms with van der Waals surface area (Å²) in [5, 5.41) is 2.79. The van der Waals surface area contributed by atoms with Crippen LogP contribution >= 0.6 is 0 Å². The van der Waals surface area contributed by atoms with E-state index in [2.05, 4.69) is 10.3 Å². The van der Waals surface area contributed by atoms with Crippen LogP contribution in [0.4, 0.5) is 11.5 Å². The summed E-state index contributed by atoms with van der Waals surface area (Å²) in [6, 6.07) is 10.9. The van der Waals surface area contributed by atoms with E-state index in [9.17, 15) is 9.59 Å². The lowest BCUT2D eigenvalue weighted by Crippen LogP contribution is -2.28. The minimum absolute atomic E-state index is 0.0689. The molecule has 0 spiro atoms. The molecule has 6 nitrogen and oxygen atoms in total. The molecule has 1 N–H and O–H groups in total. The average Bonchev–Trinajstić information content (AvgIpc) is 2.97. The molecule has 0 aliphatic carbocycles. The number of carbonyl (C=O) groups excluding carboxylic acids is 2. The molecule has 1 aromatic heterocycles. The van der Waals surface area contributed by atoms with Crippen molar-refractivity contribution < 1.29 is 14.3 Å². The second kappa shape index (κ2) is 6.70. The third-order valence-corrected chi connectivity index (χ3v) is 4.03. The molecule has 124 valence electrons. The molecule has 1 aliphatic rings. The summed E-state index contributed by atoms with van der Waals surface area (Å²) in [5.74, 6) is 0.530. The number of nitrogens with zero attached hydrogens (tertiary/aromatic N) is 2. The van der Waals surface area contributed by atoms with Crippen molar-refractivity contribution in [2.45, 2.75) is 13.3 Å². The number of pyridine rings is 1. The number of hydrogen-bond donors (Lipinski definition) is 1. The third-order valence-electron chi connectivity index (χ3n) is 4.03. The summed E-state index contributed by atoms with van der Waals surface area (Å²) in [4.78, 5) is 30.4. The van der Waals surface area contributed by atoms with Crippen molar-refractivity contribution >= 4 is 23.3 Å². The van der Waals surface area contributed by atoms with Gasteiger partial charge < -0.3 is 15.0 Å². The highest BCUT2D eigenvalue weighted by Crippen LogP contribution is 2.28. The van der Waals surface area contributed by atoms with Crippen molar-refractivity contribution in [2.75, 3.05) is 23.9 Å². The van der Waals surface area contributed by atoms with Gasteiger partial charge in [-0.25, -0.2) is 4.98 Å². The number of nitrogens with one attached hydrogen (secondary N) is 1. The van der Waals surface area contributed by atoms with E-state index < -0.39 is 5.92 Å². The number of rotatable bonds is 4. The molecule has 1 aliphatic heterocycles. The first-order valence-electron chi connectivity index (χ1n) is 7.75. The van der Waals surface area contributed by atoms with Crippen molar-refractivity contribution in [3.8, 4) is 5.75 Å². The van der Waals surface area contributed by atoms with E-state index in [0.717, 1.165) is 11.3 Å². The van der Waals surface area contributed by atoms with Gasteiger partial charge in [0.05, 0.1) is 13.0 Å². The number of benzene rings is 1. The van der Waals surface area contributed by atoms with Gasteiger partial charge in [0.2, 0.25) is 11.8 Å². The van der Waals surface area contributed by atoms with Gasteiger partial charge in [0.1, 0.15) is 11.6 Å². The summed E-state index contributed by atoms with van der Waals surface area (Å²) in [6.07, 6.45) is 1.84. The number of anilines is 2. The molecule has 2 aromatic rings. The van der Waals surface area contributed by atoms with Crippen LogP contribution in [0.25, 0.3) is 0 Å². The smallest absolute Gasteiger partial charge is 0.230 e. The number of ether oxygens (including phenoxy) is 1. The Morgan fingerprint density at radius 2 is 2.17 bits per heavy atom. The zero-order chi connectivity index (χ0) is 17.1. The van der Waals surface area contributed by atoms with Gasteiger partial charge in [-0.15, -0.1) is 0 Å². The topological polar surface area (TPSA) is 71.5 Å². The van der Waals surface area contributed by atoms with Crippen molar-refractivity contribution in [2.24, 2.45) is 5.92 Å². The Kier molecular flexibility index (Phi) is 4.46. The standard InChI is InChI=1S/C18H19N3O3/c1-12-6-7-19-16(8-12)20-18(23)13-9-17(22)21(11-13)14-4-3-5-15(10-14)24-2/h3-8,10,13H,9,11H2,1-2H3,(H,19,20,23)/t13-/m0/s1. The van der Waals surface area contributed by atoms with E-state index in [0.29, 0.717) is 18.1 Å². The first kappa shape index (κ1) is 16.0. The summed E-state index contributed by atoms with van der Waals surface area (Å²) in [5.41, 5.74) is 1.75. The van der Waals surface area contributed by atoms with Crippen LogP contribution in [0.1, 0.15) is 12.0 Å². The molecule has 6 heteroatoms. The maximum absolute atomic E-state index is 12.4. The van der Waals surface area contributed by atoms with Crippen LogP contribution in [-0.4, -0.2) is 30.5 Å². The average molecular weight is 325 g/mol. The number of methoxy groups -OCH3 is 1. The van der Waals surface area contributed by atoms with Crippen molar-refractivity contribution in [1.29, 1.82) is 0 Å². The lowest BCUT2D eigenvalue weighted by atomic mass is 10.1. The summed E-state index contributed by atoms with van der Waals surface area (Å²) in [6.45, 7) is 2.28. The molecule has 0 unspecified atom stereocenters. The Balaban J connectivity index is 1.70. The Labute approximate surface area is 140 Å². The van der Waals surface area contributed by atoms with Crippen LogP contribution in [0.2, 0.25) is 0 Å². The number of carbonyl (C=O) groups is 2. The SMILES string of the molecule is COc1cccc(N2C[C@@H](C(=O)Nc3cc(C)ccn3)CC2=O)c1. The van der Waals surface area contributed by atoms with Crippen LogP contribution in [0, 0.1) is 12.8 Å². The number of aryl methyl sites for hydroxylation is 1. The van der Waals surface area contributed by atoms with Gasteiger partial charge in [-0.3, -0.25) is 9.59 Å². The lowest BCUT2D eigenvalue weighted by molar-refractivity contribution is -0.122. The van der Waals surface area contributed by atoms with Gasteiger partial charge in [-0.2, -0.15) is 0 Å². The number of hydrogen-bond acceptors (Lipinski definition) is 4. The molecular weight excluding hydrogens is 306 g/mol. The lowest BCUT2D eigenvalue weighted by Gasteiger charge is -2.17. The van der Waals surface area contributed by atoms with Crippen molar-refractivity contribution in [1.82, 2.24) is 4.98 Å². The largest absolute Gasteiger partial charge is 0.497 e. The molecule has 3 rings (SSSR count). The molecule has 1 fully saturated rings. The van der Waals surface area contributed by atoms with Gasteiger partial charge in [0, 0.05) is 30.9 Å². The van der Waals surface area contributed by atoms with E-state index in [-0.39, 0.29) is 18.2 Å². The highest BCUT2D eigenvalue weighted by Gasteiger charge is 2.35. The Bertz CT molecular complexity index is 776. The first-order chi connectivity index (χ1) is 11.6. The van der Waals surface area contributed by atoms with Crippen LogP contribution < -0.4 is 15.0 Å². The summed E-state index contributed by atoms with van der Waals surface area (Å²) in [7, 11) is 1.58. The van der Waals surface area contributed by atoms with Gasteiger partial charge in [0.25, 0.3) is 0 Å². The maximum Gasteiger partial charge on any atom is 0.230 e. The number of amides is 2. The summed E-state index contributed by atoms with van der Waals surface area (Å²) < 4.78 is 5.19. The molecule has 24 heavy (non-hydrogen) atoms. The summed E-state index contributed by atoms with van der Waals surface area (Å²) >= 11 is 0. The molecule has 2 heterocycles. The van der Waals surface area contributed by atoms with E-state index in [1.54, 1.807) is 30.3 Å². The van der Waals surface area contributed by atoms with Gasteiger partial charge in [-0.1, -0.05) is 6.07 Å². The molecule has 1 saturated heterocycles. The highest BCUT2D eigenvalue weighted by molar-refractivity contribution is 6.03. The Morgan fingerprint density at radius 1 is 1.33 bits per heavy atom. The minimum atomic E-state index is -0.397. The van der Waals surface area contributed by atoms with Gasteiger partial charge in [-0.05, 0) is 36.8 Å². The van der Waals surface area contributed by atoms with Crippen molar-refractivity contribution in [3.63, 3.8) is 0 Å². The Morgan fingerprint density at radius 3 is 2.92 bits per heavy atom. The Hall–Kier alpha value is -2.89. The van der Waals surface area contributed by atoms with Crippen molar-refractivity contribution in [3.05, 3.63) is 48.2 Å². The molecule has 0 saturated carbocycles. The molecule has 1 aromatic carbocycles. The zero-order valence-corrected chi connectivity index (χ0v) is 13.7. The monoisotopic (exact) mass is 325 g/mol. The molecule has 0 radical (unpaired) electrons. The predicted molar refractivity (Wildman–Crippen MR) is 91.1 cm³/mol. The van der Waals surface area contributed by atoms with E-state index in [1.807, 2.05) is 31.2 Å². The minimum Gasteiger partial charge on any atom is -0.497 e. The van der Waals surface area contributed by atoms with E-state index >= 15 is 0 Å². The first-order valence-corrected chi connectivity index (χ1v) is 7.75. The molecule has 0 bridgehead atoms. The van der Waals surface area contributed by atoms with E-state index in [4.69, 9.17) is 4.74 Å². The third kappa shape index (κ3) is 3.37. The molecular formula is C18H19N3O3. The fraction of sp³-hybridized carbons (Fsp3) is 0.278. The fourth-order valence-electron chi connectivity index (χ4n) is 2.74. The zero-order valence-electron chi connectivity index (χ0n) is 13.7. The molecule has 1 atom stereocenters.